The van der Waals surface area contributed by atoms with Crippen molar-refractivity contribution < 1.29 is 27.5 Å². The Morgan fingerprint density at radius 3 is 2.72 bits per heavy atom. The molecule has 2 aromatic carbocycles. The molecule has 1 N–H and O–H groups in total. The molecule has 254 valence electrons. The summed E-state index contributed by atoms with van der Waals surface area (Å²) in [6, 6.07) is 10.8. The van der Waals surface area contributed by atoms with Crippen molar-refractivity contribution in [2.24, 2.45) is 17.3 Å². The number of ether oxygens (including phenoxy) is 2. The van der Waals surface area contributed by atoms with E-state index in [1.54, 1.807) is 44.9 Å². The number of aryl methyl sites for hydroxylation is 1. The molecule has 2 amide bonds. The van der Waals surface area contributed by atoms with Crippen molar-refractivity contribution in [1.82, 2.24) is 9.62 Å². The monoisotopic (exact) mass is 683 g/mol. The van der Waals surface area contributed by atoms with Gasteiger partial charge in [-0.3, -0.25) is 4.79 Å². The SMILES string of the molecule is CCOC(=O)N(C)[C@@H]1/C=C/CCC(C)(C)C(=O)NS(=O)(=O)c2ccc3c(c2)N(C[C@@H]2CC[C@H]21)C[C@@]1(CCCc2cc(Cl)ccc21)CO3. The van der Waals surface area contributed by atoms with E-state index in [-0.39, 0.29) is 34.3 Å². The lowest BCUT2D eigenvalue weighted by Gasteiger charge is -2.47. The zero-order valence-corrected chi connectivity index (χ0v) is 29.3. The molecule has 2 heterocycles. The number of amides is 2. The van der Waals surface area contributed by atoms with E-state index in [2.05, 4.69) is 27.8 Å². The van der Waals surface area contributed by atoms with Gasteiger partial charge in [-0.05, 0) is 105 Å². The van der Waals surface area contributed by atoms with Crippen molar-refractivity contribution in [3.8, 4) is 5.75 Å². The first-order chi connectivity index (χ1) is 22.3. The van der Waals surface area contributed by atoms with Gasteiger partial charge in [0.15, 0.2) is 0 Å². The minimum absolute atomic E-state index is 0.0258. The molecule has 11 heteroatoms. The number of halogens is 1. The number of likely N-dealkylation sites (N-methyl/N-ethyl adjacent to an activating group) is 1. The van der Waals surface area contributed by atoms with E-state index in [9.17, 15) is 18.0 Å². The molecule has 0 saturated heterocycles. The Balaban J connectivity index is 1.45. The Morgan fingerprint density at radius 2 is 1.98 bits per heavy atom. The lowest BCUT2D eigenvalue weighted by Crippen LogP contribution is -2.52. The Bertz CT molecular complexity index is 1680. The summed E-state index contributed by atoms with van der Waals surface area (Å²) >= 11 is 6.43. The van der Waals surface area contributed by atoms with E-state index in [1.807, 2.05) is 12.1 Å². The number of rotatable bonds is 2. The molecule has 6 rings (SSSR count). The lowest BCUT2D eigenvalue weighted by molar-refractivity contribution is -0.127. The van der Waals surface area contributed by atoms with Gasteiger partial charge >= 0.3 is 6.09 Å². The van der Waals surface area contributed by atoms with Crippen molar-refractivity contribution in [3.05, 3.63) is 64.7 Å². The average Bonchev–Trinajstić information content (AvgIpc) is 3.16. The molecule has 1 spiro atoms. The van der Waals surface area contributed by atoms with Crippen LogP contribution in [0.5, 0.6) is 5.75 Å². The molecule has 2 aliphatic heterocycles. The number of anilines is 1. The van der Waals surface area contributed by atoms with Crippen molar-refractivity contribution >= 4 is 39.3 Å². The van der Waals surface area contributed by atoms with Gasteiger partial charge < -0.3 is 19.3 Å². The number of benzene rings is 2. The molecule has 0 radical (unpaired) electrons. The maximum absolute atomic E-state index is 13.7. The Labute approximate surface area is 283 Å². The van der Waals surface area contributed by atoms with Crippen LogP contribution in [0.4, 0.5) is 10.5 Å². The second-order valence-corrected chi connectivity index (χ2v) is 16.4. The number of carbonyl (C=O) groups is 2. The molecule has 9 nitrogen and oxygen atoms in total. The zero-order chi connectivity index (χ0) is 33.6. The van der Waals surface area contributed by atoms with Crippen molar-refractivity contribution in [2.75, 3.05) is 38.3 Å². The highest BCUT2D eigenvalue weighted by Crippen LogP contribution is 2.47. The molecule has 1 saturated carbocycles. The van der Waals surface area contributed by atoms with Gasteiger partial charge in [-0.1, -0.05) is 43.7 Å². The number of hydrogen-bond acceptors (Lipinski definition) is 7. The first-order valence-corrected chi connectivity index (χ1v) is 18.6. The minimum atomic E-state index is -4.15. The fourth-order valence-electron chi connectivity index (χ4n) is 7.83. The highest BCUT2D eigenvalue weighted by molar-refractivity contribution is 7.90. The Hall–Kier alpha value is -3.24. The van der Waals surface area contributed by atoms with Gasteiger partial charge in [0.05, 0.1) is 29.8 Å². The first kappa shape index (κ1) is 33.7. The summed E-state index contributed by atoms with van der Waals surface area (Å²) in [4.78, 5) is 30.4. The summed E-state index contributed by atoms with van der Waals surface area (Å²) in [7, 11) is -2.35. The normalized spacial score (nSPS) is 28.7. The minimum Gasteiger partial charge on any atom is -0.490 e. The third kappa shape index (κ3) is 6.60. The molecule has 0 aromatic heterocycles. The summed E-state index contributed by atoms with van der Waals surface area (Å²) in [6.45, 7) is 7.35. The summed E-state index contributed by atoms with van der Waals surface area (Å²) < 4.78 is 41.6. The van der Waals surface area contributed by atoms with E-state index in [0.29, 0.717) is 55.6 Å². The predicted molar refractivity (Wildman–Crippen MR) is 182 cm³/mol. The molecule has 0 unspecified atom stereocenters. The topological polar surface area (TPSA) is 105 Å². The maximum Gasteiger partial charge on any atom is 0.409 e. The van der Waals surface area contributed by atoms with Crippen LogP contribution in [0.1, 0.15) is 70.4 Å². The van der Waals surface area contributed by atoms with Crippen molar-refractivity contribution in [3.63, 3.8) is 0 Å². The van der Waals surface area contributed by atoms with Gasteiger partial charge in [0.2, 0.25) is 5.91 Å². The second-order valence-electron chi connectivity index (χ2n) is 14.3. The van der Waals surface area contributed by atoms with Crippen LogP contribution in [0.3, 0.4) is 0 Å². The smallest absolute Gasteiger partial charge is 0.409 e. The van der Waals surface area contributed by atoms with Crippen molar-refractivity contribution in [2.45, 2.75) is 82.1 Å². The van der Waals surface area contributed by atoms with E-state index in [4.69, 9.17) is 21.1 Å². The van der Waals surface area contributed by atoms with Gasteiger partial charge in [-0.15, -0.1) is 0 Å². The fraction of sp³-hybridized carbons (Fsp3) is 0.556. The van der Waals surface area contributed by atoms with Crippen molar-refractivity contribution in [1.29, 1.82) is 0 Å². The molecule has 2 bridgehead atoms. The number of carbonyl (C=O) groups excluding carboxylic acids is 2. The standard InChI is InChI=1S/C36H46ClN3O6S/c1-5-45-34(42)39(4)30-10-6-7-17-35(2,3)33(41)38-47(43,44)27-13-16-32-31(20-27)40(21-25-11-14-28(25)30)22-36(23-46-32)18-8-9-24-19-26(37)12-15-29(24)36/h6,10,12-13,15-16,19-20,25,28,30H,5,7-9,11,14,17-18,21-23H2,1-4H3,(H,38,41)/b10-6+/t25-,28+,30+,36-/m0/s1. The number of hydrogen-bond donors (Lipinski definition) is 1. The van der Waals surface area contributed by atoms with E-state index in [0.717, 1.165) is 32.1 Å². The third-order valence-corrected chi connectivity index (χ3v) is 12.4. The predicted octanol–water partition coefficient (Wildman–Crippen LogP) is 6.48. The van der Waals surface area contributed by atoms with E-state index < -0.39 is 21.3 Å². The van der Waals surface area contributed by atoms with Crippen LogP contribution >= 0.6 is 11.6 Å². The Kier molecular flexibility index (Phi) is 9.30. The first-order valence-electron chi connectivity index (χ1n) is 16.8. The van der Waals surface area contributed by atoms with Gasteiger partial charge in [0.25, 0.3) is 10.0 Å². The average molecular weight is 684 g/mol. The molecular formula is C36H46ClN3O6S. The third-order valence-electron chi connectivity index (χ3n) is 10.8. The summed E-state index contributed by atoms with van der Waals surface area (Å²) in [6.07, 6.45) is 9.53. The summed E-state index contributed by atoms with van der Waals surface area (Å²) in [5.74, 6) is 0.474. The van der Waals surface area contributed by atoms with Crippen LogP contribution in [0.25, 0.3) is 0 Å². The number of nitrogens with one attached hydrogen (secondary N) is 1. The van der Waals surface area contributed by atoms with Gasteiger partial charge in [-0.25, -0.2) is 17.9 Å². The molecular weight excluding hydrogens is 638 g/mol. The van der Waals surface area contributed by atoms with Crippen LogP contribution in [0, 0.1) is 17.3 Å². The highest BCUT2D eigenvalue weighted by Gasteiger charge is 2.45. The van der Waals surface area contributed by atoms with Gasteiger partial charge in [0.1, 0.15) is 5.75 Å². The molecule has 2 aliphatic carbocycles. The van der Waals surface area contributed by atoms with Gasteiger partial charge in [-0.2, -0.15) is 0 Å². The molecule has 47 heavy (non-hydrogen) atoms. The van der Waals surface area contributed by atoms with Crippen LogP contribution in [-0.2, 0) is 31.4 Å². The zero-order valence-electron chi connectivity index (χ0n) is 27.8. The van der Waals surface area contributed by atoms with Crippen LogP contribution in [0.2, 0.25) is 5.02 Å². The van der Waals surface area contributed by atoms with Crippen LogP contribution in [-0.4, -0.2) is 64.7 Å². The molecule has 4 aliphatic rings. The Morgan fingerprint density at radius 1 is 1.17 bits per heavy atom. The quantitative estimate of drug-likeness (QED) is 0.362. The highest BCUT2D eigenvalue weighted by atomic mass is 35.5. The molecule has 4 atom stereocenters. The largest absolute Gasteiger partial charge is 0.490 e. The lowest BCUT2D eigenvalue weighted by atomic mass is 9.67. The number of fused-ring (bicyclic) bond motifs is 4. The van der Waals surface area contributed by atoms with Gasteiger partial charge in [0, 0.05) is 36.0 Å². The second kappa shape index (κ2) is 13.0. The van der Waals surface area contributed by atoms with E-state index in [1.165, 1.54) is 17.2 Å². The van der Waals surface area contributed by atoms with E-state index >= 15 is 0 Å². The number of sulfonamides is 1. The summed E-state index contributed by atoms with van der Waals surface area (Å²) in [5, 5.41) is 0.714. The number of allylic oxidation sites excluding steroid dienone is 1. The maximum atomic E-state index is 13.7. The number of nitrogens with zero attached hydrogens (tertiary/aromatic N) is 2. The van der Waals surface area contributed by atoms with Crippen LogP contribution in [0.15, 0.2) is 53.4 Å². The summed E-state index contributed by atoms with van der Waals surface area (Å²) in [5.41, 5.74) is 1.88. The molecule has 2 aromatic rings. The molecule has 1 fully saturated rings. The fourth-order valence-corrected chi connectivity index (χ4v) is 9.18. The van der Waals surface area contributed by atoms with Crippen LogP contribution < -0.4 is 14.4 Å².